The van der Waals surface area contributed by atoms with Crippen LogP contribution in [0.1, 0.15) is 46.5 Å². The predicted octanol–water partition coefficient (Wildman–Crippen LogP) is 1.90. The summed E-state index contributed by atoms with van der Waals surface area (Å²) in [5.41, 5.74) is 0.464. The van der Waals surface area contributed by atoms with Gasteiger partial charge in [-0.2, -0.15) is 0 Å². The van der Waals surface area contributed by atoms with Crippen molar-refractivity contribution in [2.24, 2.45) is 10.4 Å². The van der Waals surface area contributed by atoms with Gasteiger partial charge in [0.05, 0.1) is 0 Å². The van der Waals surface area contributed by atoms with Gasteiger partial charge in [0.25, 0.3) is 0 Å². The number of guanidine groups is 1. The molecule has 0 spiro atoms. The zero-order valence-corrected chi connectivity index (χ0v) is 18.5. The molecule has 1 aliphatic carbocycles. The second-order valence-electron chi connectivity index (χ2n) is 7.18. The second-order valence-corrected chi connectivity index (χ2v) is 7.18. The minimum atomic E-state index is 0. The van der Waals surface area contributed by atoms with E-state index < -0.39 is 0 Å². The van der Waals surface area contributed by atoms with E-state index in [0.29, 0.717) is 5.41 Å². The number of carbonyl (C=O) groups excluding carboxylic acids is 1. The Morgan fingerprint density at radius 2 is 1.80 bits per heavy atom. The molecular formula is C18H36IN5O. The molecule has 0 bridgehead atoms. The summed E-state index contributed by atoms with van der Waals surface area (Å²) in [6.07, 6.45) is 5.25. The van der Waals surface area contributed by atoms with Gasteiger partial charge in [-0.05, 0) is 31.6 Å². The molecule has 1 saturated heterocycles. The molecule has 7 heteroatoms. The van der Waals surface area contributed by atoms with Crippen LogP contribution in [0.2, 0.25) is 0 Å². The molecule has 0 radical (unpaired) electrons. The summed E-state index contributed by atoms with van der Waals surface area (Å²) in [7, 11) is 0. The molecule has 1 aliphatic heterocycles. The van der Waals surface area contributed by atoms with Gasteiger partial charge in [0.15, 0.2) is 5.96 Å². The fraction of sp³-hybridized carbons (Fsp3) is 0.889. The molecule has 2 N–H and O–H groups in total. The van der Waals surface area contributed by atoms with Crippen molar-refractivity contribution in [3.63, 3.8) is 0 Å². The highest BCUT2D eigenvalue weighted by molar-refractivity contribution is 14.0. The largest absolute Gasteiger partial charge is 0.357 e. The van der Waals surface area contributed by atoms with Crippen molar-refractivity contribution in [2.45, 2.75) is 46.5 Å². The van der Waals surface area contributed by atoms with E-state index in [1.807, 2.05) is 4.90 Å². The third kappa shape index (κ3) is 6.92. The molecule has 146 valence electrons. The van der Waals surface area contributed by atoms with E-state index in [1.165, 1.54) is 25.7 Å². The summed E-state index contributed by atoms with van der Waals surface area (Å²) in [5.74, 6) is 1.13. The maximum absolute atomic E-state index is 11.4. The number of amides is 1. The van der Waals surface area contributed by atoms with Crippen LogP contribution in [0.15, 0.2) is 4.99 Å². The van der Waals surface area contributed by atoms with Crippen molar-refractivity contribution >= 4 is 35.8 Å². The number of rotatable bonds is 7. The van der Waals surface area contributed by atoms with Gasteiger partial charge in [0.1, 0.15) is 0 Å². The van der Waals surface area contributed by atoms with Crippen LogP contribution < -0.4 is 10.6 Å². The molecular weight excluding hydrogens is 429 g/mol. The third-order valence-corrected chi connectivity index (χ3v) is 5.62. The summed E-state index contributed by atoms with van der Waals surface area (Å²) >= 11 is 0. The van der Waals surface area contributed by atoms with Crippen LogP contribution in [0, 0.1) is 5.41 Å². The van der Waals surface area contributed by atoms with Crippen LogP contribution in [-0.4, -0.2) is 74.0 Å². The van der Waals surface area contributed by atoms with Gasteiger partial charge in [-0.1, -0.05) is 13.3 Å². The number of carbonyl (C=O) groups is 1. The van der Waals surface area contributed by atoms with Crippen molar-refractivity contribution in [2.75, 3.05) is 52.4 Å². The van der Waals surface area contributed by atoms with Crippen LogP contribution in [0.3, 0.4) is 0 Å². The van der Waals surface area contributed by atoms with Crippen molar-refractivity contribution in [1.29, 1.82) is 0 Å². The zero-order chi connectivity index (χ0) is 17.4. The first-order valence-electron chi connectivity index (χ1n) is 9.58. The molecule has 1 heterocycles. The SMILES string of the molecule is CCNC(=NCC1(CC)CCC1)NCCN1CCN(C(C)=O)CC1.I. The van der Waals surface area contributed by atoms with Crippen molar-refractivity contribution in [3.05, 3.63) is 0 Å². The van der Waals surface area contributed by atoms with Gasteiger partial charge < -0.3 is 15.5 Å². The van der Waals surface area contributed by atoms with Crippen LogP contribution in [0.5, 0.6) is 0 Å². The van der Waals surface area contributed by atoms with E-state index >= 15 is 0 Å². The predicted molar refractivity (Wildman–Crippen MR) is 115 cm³/mol. The molecule has 1 amide bonds. The Balaban J connectivity index is 0.00000312. The van der Waals surface area contributed by atoms with Crippen LogP contribution >= 0.6 is 24.0 Å². The van der Waals surface area contributed by atoms with Crippen molar-refractivity contribution in [1.82, 2.24) is 20.4 Å². The maximum Gasteiger partial charge on any atom is 0.219 e. The summed E-state index contributed by atoms with van der Waals surface area (Å²) < 4.78 is 0. The molecule has 0 atom stereocenters. The monoisotopic (exact) mass is 465 g/mol. The minimum absolute atomic E-state index is 0. The van der Waals surface area contributed by atoms with Gasteiger partial charge in [-0.15, -0.1) is 24.0 Å². The van der Waals surface area contributed by atoms with Gasteiger partial charge >= 0.3 is 0 Å². The van der Waals surface area contributed by atoms with E-state index in [9.17, 15) is 4.79 Å². The number of nitrogens with zero attached hydrogens (tertiary/aromatic N) is 3. The number of hydrogen-bond acceptors (Lipinski definition) is 3. The average molecular weight is 465 g/mol. The van der Waals surface area contributed by atoms with Crippen LogP contribution in [-0.2, 0) is 4.79 Å². The Kier molecular flexibility index (Phi) is 10.1. The van der Waals surface area contributed by atoms with E-state index in [1.54, 1.807) is 6.92 Å². The number of piperazine rings is 1. The van der Waals surface area contributed by atoms with Gasteiger partial charge in [0, 0.05) is 59.3 Å². The fourth-order valence-corrected chi connectivity index (χ4v) is 3.51. The normalized spacial score (nSPS) is 20.4. The topological polar surface area (TPSA) is 60.0 Å². The minimum Gasteiger partial charge on any atom is -0.357 e. The average Bonchev–Trinajstić information content (AvgIpc) is 2.54. The summed E-state index contributed by atoms with van der Waals surface area (Å²) in [6.45, 7) is 13.4. The molecule has 2 aliphatic rings. The standard InChI is InChI=1S/C18H35N5O.HI/c1-4-18(7-6-8-18)15-21-17(19-5-2)20-9-10-22-11-13-23(14-12-22)16(3)24;/h4-15H2,1-3H3,(H2,19,20,21);1H. The van der Waals surface area contributed by atoms with Gasteiger partial charge in [0.2, 0.25) is 5.91 Å². The third-order valence-electron chi connectivity index (χ3n) is 5.62. The van der Waals surface area contributed by atoms with Crippen LogP contribution in [0.4, 0.5) is 0 Å². The quantitative estimate of drug-likeness (QED) is 0.343. The number of aliphatic imine (C=N–C) groups is 1. The first-order valence-corrected chi connectivity index (χ1v) is 9.58. The molecule has 0 unspecified atom stereocenters. The Morgan fingerprint density at radius 1 is 1.12 bits per heavy atom. The number of hydrogen-bond donors (Lipinski definition) is 2. The molecule has 1 saturated carbocycles. The van der Waals surface area contributed by atoms with Crippen molar-refractivity contribution < 1.29 is 4.79 Å². The van der Waals surface area contributed by atoms with E-state index in [-0.39, 0.29) is 29.9 Å². The fourth-order valence-electron chi connectivity index (χ4n) is 3.51. The Labute approximate surface area is 170 Å². The van der Waals surface area contributed by atoms with E-state index in [0.717, 1.165) is 58.3 Å². The molecule has 2 fully saturated rings. The highest BCUT2D eigenvalue weighted by Gasteiger charge is 2.34. The number of halogens is 1. The molecule has 6 nitrogen and oxygen atoms in total. The molecule has 0 aromatic carbocycles. The lowest BCUT2D eigenvalue weighted by Crippen LogP contribution is -2.50. The van der Waals surface area contributed by atoms with Crippen molar-refractivity contribution in [3.8, 4) is 0 Å². The number of nitrogens with one attached hydrogen (secondary N) is 2. The molecule has 25 heavy (non-hydrogen) atoms. The van der Waals surface area contributed by atoms with Gasteiger partial charge in [-0.3, -0.25) is 14.7 Å². The van der Waals surface area contributed by atoms with E-state index in [2.05, 4.69) is 29.4 Å². The lowest BCUT2D eigenvalue weighted by Gasteiger charge is -2.40. The zero-order valence-electron chi connectivity index (χ0n) is 16.1. The first kappa shape index (κ1) is 22.5. The van der Waals surface area contributed by atoms with Gasteiger partial charge in [-0.25, -0.2) is 0 Å². The maximum atomic E-state index is 11.4. The Hall–Kier alpha value is -0.570. The highest BCUT2D eigenvalue weighted by atomic mass is 127. The molecule has 2 rings (SSSR count). The summed E-state index contributed by atoms with van der Waals surface area (Å²) in [6, 6.07) is 0. The Bertz CT molecular complexity index is 426. The lowest BCUT2D eigenvalue weighted by atomic mass is 9.67. The summed E-state index contributed by atoms with van der Waals surface area (Å²) in [5, 5.41) is 6.82. The second kappa shape index (κ2) is 11.2. The van der Waals surface area contributed by atoms with E-state index in [4.69, 9.17) is 4.99 Å². The smallest absolute Gasteiger partial charge is 0.219 e. The molecule has 0 aromatic rings. The molecule has 0 aromatic heterocycles. The van der Waals surface area contributed by atoms with Crippen LogP contribution in [0.25, 0.3) is 0 Å². The Morgan fingerprint density at radius 3 is 2.28 bits per heavy atom. The highest BCUT2D eigenvalue weighted by Crippen LogP contribution is 2.43. The summed E-state index contributed by atoms with van der Waals surface area (Å²) in [4.78, 5) is 20.5. The lowest BCUT2D eigenvalue weighted by molar-refractivity contribution is -0.130. The first-order chi connectivity index (χ1) is 11.6.